The topological polar surface area (TPSA) is 114 Å². The fourth-order valence-electron chi connectivity index (χ4n) is 1.29. The number of benzene rings is 1. The van der Waals surface area contributed by atoms with Crippen LogP contribution in [0.2, 0.25) is 0 Å². The second-order valence-corrected chi connectivity index (χ2v) is 4.16. The molecule has 9 heteroatoms. The Bertz CT molecular complexity index is 600. The third-order valence-corrected chi connectivity index (χ3v) is 2.74. The van der Waals surface area contributed by atoms with Crippen LogP contribution in [0.3, 0.4) is 0 Å². The molecule has 0 heterocycles. The smallest absolute Gasteiger partial charge is 0.362 e. The molecule has 0 fully saturated rings. The number of nitro benzene ring substituents is 1. The molecular weight excluding hydrogens is 346 g/mol. The predicted octanol–water partition coefficient (Wildman–Crippen LogP) is 3.41. The molecule has 0 saturated carbocycles. The average molecular weight is 358 g/mol. The molecule has 0 atom stereocenters. The summed E-state index contributed by atoms with van der Waals surface area (Å²) in [6.07, 6.45) is 0. The second-order valence-electron chi connectivity index (χ2n) is 3.60. The van der Waals surface area contributed by atoms with Crippen LogP contribution in [0.5, 0.6) is 0 Å². The predicted molar refractivity (Wildman–Crippen MR) is 77.7 cm³/mol. The molecule has 1 aromatic carbocycles. The lowest BCUT2D eigenvalue weighted by Gasteiger charge is -2.03. The number of halogens is 1. The summed E-state index contributed by atoms with van der Waals surface area (Å²) in [4.78, 5) is 21.9. The third kappa shape index (κ3) is 4.63. The Hall–Kier alpha value is -2.29. The summed E-state index contributed by atoms with van der Waals surface area (Å²) >= 11 is 2.97. The van der Waals surface area contributed by atoms with E-state index in [9.17, 15) is 20.0 Å². The van der Waals surface area contributed by atoms with E-state index in [-0.39, 0.29) is 29.1 Å². The number of aliphatic hydroxyl groups excluding tert-OH is 1. The van der Waals surface area contributed by atoms with Gasteiger partial charge in [-0.15, -0.1) is 10.2 Å². The van der Waals surface area contributed by atoms with Gasteiger partial charge in [-0.1, -0.05) is 28.1 Å². The number of nitrogens with zero attached hydrogens (tertiary/aromatic N) is 3. The van der Waals surface area contributed by atoms with Crippen LogP contribution in [-0.4, -0.2) is 27.9 Å². The molecular formula is C12H12BrN3O5. The number of ether oxygens (including phenoxy) is 1. The Morgan fingerprint density at radius 2 is 2.14 bits per heavy atom. The van der Waals surface area contributed by atoms with Gasteiger partial charge in [-0.3, -0.25) is 10.1 Å². The van der Waals surface area contributed by atoms with Gasteiger partial charge in [-0.2, -0.15) is 0 Å². The van der Waals surface area contributed by atoms with Gasteiger partial charge in [0, 0.05) is 6.07 Å². The molecule has 1 aromatic rings. The van der Waals surface area contributed by atoms with Crippen molar-refractivity contribution in [2.75, 3.05) is 11.9 Å². The van der Waals surface area contributed by atoms with Crippen LogP contribution in [0, 0.1) is 10.1 Å². The standard InChI is InChI=1S/C12H12BrN3O5/c1-2-21-12(18)11(10(17)7-13)15-14-8-5-3-4-6-9(8)16(19)20/h3-6,17H,2,7H2,1H3/b11-10-,15-14?. The van der Waals surface area contributed by atoms with Gasteiger partial charge in [0.25, 0.3) is 5.69 Å². The largest absolute Gasteiger partial charge is 0.509 e. The summed E-state index contributed by atoms with van der Waals surface area (Å²) in [7, 11) is 0. The van der Waals surface area contributed by atoms with Crippen LogP contribution >= 0.6 is 15.9 Å². The quantitative estimate of drug-likeness (QED) is 0.159. The number of carbonyl (C=O) groups is 1. The number of azo groups is 1. The van der Waals surface area contributed by atoms with E-state index in [1.165, 1.54) is 18.2 Å². The summed E-state index contributed by atoms with van der Waals surface area (Å²) in [6.45, 7) is 1.69. The molecule has 0 amide bonds. The van der Waals surface area contributed by atoms with Crippen molar-refractivity contribution in [2.24, 2.45) is 10.2 Å². The van der Waals surface area contributed by atoms with E-state index in [1.807, 2.05) is 0 Å². The molecule has 0 unspecified atom stereocenters. The van der Waals surface area contributed by atoms with E-state index in [0.717, 1.165) is 0 Å². The summed E-state index contributed by atoms with van der Waals surface area (Å²) in [5.74, 6) is -1.24. The van der Waals surface area contributed by atoms with Crippen LogP contribution in [-0.2, 0) is 9.53 Å². The van der Waals surface area contributed by atoms with Gasteiger partial charge in [0.15, 0.2) is 5.69 Å². The first-order valence-corrected chi connectivity index (χ1v) is 6.93. The van der Waals surface area contributed by atoms with E-state index in [0.29, 0.717) is 0 Å². The van der Waals surface area contributed by atoms with Gasteiger partial charge >= 0.3 is 5.97 Å². The van der Waals surface area contributed by atoms with Crippen LogP contribution in [0.25, 0.3) is 0 Å². The van der Waals surface area contributed by atoms with Crippen molar-refractivity contribution < 1.29 is 19.6 Å². The highest BCUT2D eigenvalue weighted by atomic mass is 79.9. The first-order chi connectivity index (χ1) is 10.0. The van der Waals surface area contributed by atoms with Crippen molar-refractivity contribution in [1.29, 1.82) is 0 Å². The van der Waals surface area contributed by atoms with Gasteiger partial charge in [0.05, 0.1) is 16.9 Å². The van der Waals surface area contributed by atoms with Crippen LogP contribution in [0.15, 0.2) is 46.0 Å². The summed E-state index contributed by atoms with van der Waals surface area (Å²) < 4.78 is 4.73. The minimum atomic E-state index is -0.864. The maximum Gasteiger partial charge on any atom is 0.362 e. The fraction of sp³-hybridized carbons (Fsp3) is 0.250. The molecule has 1 rings (SSSR count). The van der Waals surface area contributed by atoms with Gasteiger partial charge in [0.2, 0.25) is 5.70 Å². The fourth-order valence-corrected chi connectivity index (χ4v) is 1.55. The molecule has 8 nitrogen and oxygen atoms in total. The zero-order chi connectivity index (χ0) is 15.8. The summed E-state index contributed by atoms with van der Waals surface area (Å²) in [6, 6.07) is 5.65. The molecule has 0 aliphatic rings. The Balaban J connectivity index is 3.16. The molecule has 21 heavy (non-hydrogen) atoms. The first kappa shape index (κ1) is 16.8. The second kappa shape index (κ2) is 8.10. The maximum atomic E-state index is 11.6. The minimum absolute atomic E-state index is 0.0307. The number of hydrogen-bond donors (Lipinski definition) is 1. The lowest BCUT2D eigenvalue weighted by molar-refractivity contribution is -0.384. The van der Waals surface area contributed by atoms with Crippen molar-refractivity contribution in [2.45, 2.75) is 6.92 Å². The molecule has 0 saturated heterocycles. The average Bonchev–Trinajstić information content (AvgIpc) is 2.47. The number of alkyl halides is 1. The first-order valence-electron chi connectivity index (χ1n) is 5.81. The highest BCUT2D eigenvalue weighted by Crippen LogP contribution is 2.27. The van der Waals surface area contributed by atoms with E-state index in [4.69, 9.17) is 4.74 Å². The molecule has 0 spiro atoms. The van der Waals surface area contributed by atoms with Crippen molar-refractivity contribution >= 4 is 33.3 Å². The number of carbonyl (C=O) groups excluding carboxylic acids is 1. The van der Waals surface area contributed by atoms with Crippen molar-refractivity contribution in [3.05, 3.63) is 45.8 Å². The van der Waals surface area contributed by atoms with Crippen molar-refractivity contribution in [3.63, 3.8) is 0 Å². The number of rotatable bonds is 6. The van der Waals surface area contributed by atoms with Crippen molar-refractivity contribution in [3.8, 4) is 0 Å². The molecule has 0 aromatic heterocycles. The number of aliphatic hydroxyl groups is 1. The number of nitro groups is 1. The van der Waals surface area contributed by atoms with Gasteiger partial charge in [0.1, 0.15) is 5.76 Å². The third-order valence-electron chi connectivity index (χ3n) is 2.20. The Kier molecular flexibility index (Phi) is 6.47. The number of esters is 1. The van der Waals surface area contributed by atoms with Crippen LogP contribution in [0.4, 0.5) is 11.4 Å². The highest BCUT2D eigenvalue weighted by Gasteiger charge is 2.17. The molecule has 0 bridgehead atoms. The number of hydrogen-bond acceptors (Lipinski definition) is 7. The molecule has 1 N–H and O–H groups in total. The molecule has 0 radical (unpaired) electrons. The Morgan fingerprint density at radius 3 is 2.71 bits per heavy atom. The lowest BCUT2D eigenvalue weighted by atomic mass is 10.3. The van der Waals surface area contributed by atoms with Gasteiger partial charge in [-0.05, 0) is 13.0 Å². The van der Waals surface area contributed by atoms with Crippen LogP contribution in [0.1, 0.15) is 6.92 Å². The minimum Gasteiger partial charge on any atom is -0.509 e. The Labute approximate surface area is 128 Å². The summed E-state index contributed by atoms with van der Waals surface area (Å²) in [5.41, 5.74) is -0.707. The van der Waals surface area contributed by atoms with E-state index in [2.05, 4.69) is 26.2 Å². The molecule has 112 valence electrons. The SMILES string of the molecule is CCOC(=O)/C(N=Nc1ccccc1[N+](=O)[O-])=C(/O)CBr. The van der Waals surface area contributed by atoms with Crippen molar-refractivity contribution in [1.82, 2.24) is 0 Å². The Morgan fingerprint density at radius 1 is 1.48 bits per heavy atom. The monoisotopic (exact) mass is 357 g/mol. The lowest BCUT2D eigenvalue weighted by Crippen LogP contribution is -2.09. The highest BCUT2D eigenvalue weighted by molar-refractivity contribution is 9.09. The zero-order valence-electron chi connectivity index (χ0n) is 11.0. The number of allylic oxidation sites excluding steroid dienone is 1. The zero-order valence-corrected chi connectivity index (χ0v) is 12.6. The summed E-state index contributed by atoms with van der Waals surface area (Å²) in [5, 5.41) is 27.6. The molecule has 0 aliphatic heterocycles. The van der Waals surface area contributed by atoms with E-state index < -0.39 is 16.6 Å². The van der Waals surface area contributed by atoms with Gasteiger partial charge in [-0.25, -0.2) is 4.79 Å². The number of para-hydroxylation sites is 1. The van der Waals surface area contributed by atoms with Gasteiger partial charge < -0.3 is 9.84 Å². The normalized spacial score (nSPS) is 12.1. The maximum absolute atomic E-state index is 11.6. The molecule has 0 aliphatic carbocycles. The van der Waals surface area contributed by atoms with E-state index in [1.54, 1.807) is 13.0 Å². The van der Waals surface area contributed by atoms with E-state index >= 15 is 0 Å². The van der Waals surface area contributed by atoms with Crippen LogP contribution < -0.4 is 0 Å².